The second-order valence-electron chi connectivity index (χ2n) is 7.41. The van der Waals surface area contributed by atoms with E-state index in [1.165, 1.54) is 4.90 Å². The van der Waals surface area contributed by atoms with E-state index >= 15 is 0 Å². The summed E-state index contributed by atoms with van der Waals surface area (Å²) in [5, 5.41) is 0. The number of anilines is 2. The number of carbonyl (C=O) groups is 1. The highest BCUT2D eigenvalue weighted by Gasteiger charge is 2.25. The molecule has 0 aliphatic heterocycles. The SMILES string of the molecule is CN(C(=O)OC(C)(C)C)c1nc(C#Cc2ccccc2)c(N)c2c1ncn2C. The van der Waals surface area contributed by atoms with Gasteiger partial charge < -0.3 is 15.0 Å². The lowest BCUT2D eigenvalue weighted by Crippen LogP contribution is -2.34. The molecule has 7 heteroatoms. The number of amides is 1. The summed E-state index contributed by atoms with van der Waals surface area (Å²) in [6.45, 7) is 5.42. The summed E-state index contributed by atoms with van der Waals surface area (Å²) in [4.78, 5) is 22.8. The predicted molar refractivity (Wildman–Crippen MR) is 110 cm³/mol. The van der Waals surface area contributed by atoms with E-state index in [0.717, 1.165) is 5.56 Å². The van der Waals surface area contributed by atoms with Crippen LogP contribution < -0.4 is 10.6 Å². The van der Waals surface area contributed by atoms with E-state index in [1.807, 2.05) is 58.2 Å². The lowest BCUT2D eigenvalue weighted by Gasteiger charge is -2.24. The van der Waals surface area contributed by atoms with E-state index in [0.29, 0.717) is 28.2 Å². The van der Waals surface area contributed by atoms with Gasteiger partial charge >= 0.3 is 6.09 Å². The monoisotopic (exact) mass is 377 g/mol. The molecule has 0 spiro atoms. The fourth-order valence-corrected chi connectivity index (χ4v) is 2.64. The van der Waals surface area contributed by atoms with Gasteiger partial charge in [0.2, 0.25) is 0 Å². The second-order valence-corrected chi connectivity index (χ2v) is 7.41. The molecule has 2 heterocycles. The van der Waals surface area contributed by atoms with E-state index in [1.54, 1.807) is 17.9 Å². The average molecular weight is 377 g/mol. The molecule has 0 saturated heterocycles. The standard InChI is InChI=1S/C21H23N5O2/c1-21(2,3)28-20(27)26(5)19-17-18(25(4)13-23-17)16(22)15(24-19)12-11-14-9-7-6-8-10-14/h6-10,13H,22H2,1-5H3. The number of aromatic nitrogens is 3. The molecule has 0 bridgehead atoms. The number of fused-ring (bicyclic) bond motifs is 1. The topological polar surface area (TPSA) is 86.3 Å². The lowest BCUT2D eigenvalue weighted by atomic mass is 10.2. The summed E-state index contributed by atoms with van der Waals surface area (Å²) in [6.07, 6.45) is 1.10. The van der Waals surface area contributed by atoms with Gasteiger partial charge in [-0.2, -0.15) is 0 Å². The molecule has 28 heavy (non-hydrogen) atoms. The van der Waals surface area contributed by atoms with Crippen molar-refractivity contribution in [2.75, 3.05) is 17.7 Å². The number of carbonyl (C=O) groups excluding carboxylic acids is 1. The first-order valence-corrected chi connectivity index (χ1v) is 8.81. The predicted octanol–water partition coefficient (Wildman–Crippen LogP) is 3.32. The second kappa shape index (κ2) is 7.24. The number of ether oxygens (including phenoxy) is 1. The van der Waals surface area contributed by atoms with E-state index < -0.39 is 11.7 Å². The van der Waals surface area contributed by atoms with Gasteiger partial charge in [0, 0.05) is 19.7 Å². The van der Waals surface area contributed by atoms with Crippen LogP contribution in [-0.4, -0.2) is 33.3 Å². The number of pyridine rings is 1. The number of imidazole rings is 1. The minimum Gasteiger partial charge on any atom is -0.443 e. The molecule has 0 fully saturated rings. The minimum absolute atomic E-state index is 0.344. The molecule has 0 atom stereocenters. The van der Waals surface area contributed by atoms with Crippen molar-refractivity contribution in [1.82, 2.24) is 14.5 Å². The maximum Gasteiger partial charge on any atom is 0.415 e. The van der Waals surface area contributed by atoms with E-state index in [2.05, 4.69) is 21.8 Å². The molecular weight excluding hydrogens is 354 g/mol. The zero-order valence-corrected chi connectivity index (χ0v) is 16.6. The highest BCUT2D eigenvalue weighted by Crippen LogP contribution is 2.30. The molecule has 3 aromatic rings. The number of nitrogens with zero attached hydrogens (tertiary/aromatic N) is 4. The van der Waals surface area contributed by atoms with Crippen molar-refractivity contribution in [3.8, 4) is 11.8 Å². The van der Waals surface area contributed by atoms with Crippen LogP contribution >= 0.6 is 0 Å². The molecule has 1 aromatic carbocycles. The van der Waals surface area contributed by atoms with Crippen molar-refractivity contribution in [1.29, 1.82) is 0 Å². The zero-order valence-electron chi connectivity index (χ0n) is 16.6. The highest BCUT2D eigenvalue weighted by molar-refractivity contribution is 6.01. The van der Waals surface area contributed by atoms with Gasteiger partial charge in [0.05, 0.1) is 17.5 Å². The van der Waals surface area contributed by atoms with Gasteiger partial charge in [0.25, 0.3) is 0 Å². The van der Waals surface area contributed by atoms with Crippen LogP contribution in [0.2, 0.25) is 0 Å². The molecule has 0 unspecified atom stereocenters. The van der Waals surface area contributed by atoms with Crippen molar-refractivity contribution >= 4 is 28.6 Å². The highest BCUT2D eigenvalue weighted by atomic mass is 16.6. The third kappa shape index (κ3) is 3.91. The number of aryl methyl sites for hydroxylation is 1. The Hall–Kier alpha value is -3.53. The maximum atomic E-state index is 12.5. The maximum absolute atomic E-state index is 12.5. The molecule has 0 saturated carbocycles. The fourth-order valence-electron chi connectivity index (χ4n) is 2.64. The molecule has 144 valence electrons. The first-order chi connectivity index (χ1) is 13.2. The number of benzene rings is 1. The molecule has 3 rings (SSSR count). The number of nitrogen functional groups attached to an aromatic ring is 1. The first kappa shape index (κ1) is 19.2. The van der Waals surface area contributed by atoms with Crippen LogP contribution in [0.5, 0.6) is 0 Å². The van der Waals surface area contributed by atoms with Gasteiger partial charge in [-0.15, -0.1) is 0 Å². The van der Waals surface area contributed by atoms with Gasteiger partial charge in [-0.3, -0.25) is 4.90 Å². The van der Waals surface area contributed by atoms with E-state index in [4.69, 9.17) is 10.5 Å². The van der Waals surface area contributed by atoms with Crippen LogP contribution in [0.3, 0.4) is 0 Å². The fraction of sp³-hybridized carbons (Fsp3) is 0.286. The number of rotatable bonds is 1. The van der Waals surface area contributed by atoms with Gasteiger partial charge in [0.1, 0.15) is 16.8 Å². The Morgan fingerprint density at radius 1 is 1.21 bits per heavy atom. The lowest BCUT2D eigenvalue weighted by molar-refractivity contribution is 0.0588. The molecule has 0 aliphatic carbocycles. The van der Waals surface area contributed by atoms with Crippen molar-refractivity contribution in [2.24, 2.45) is 7.05 Å². The molecule has 2 N–H and O–H groups in total. The average Bonchev–Trinajstić information content (AvgIpc) is 3.02. The number of hydrogen-bond acceptors (Lipinski definition) is 5. The van der Waals surface area contributed by atoms with Crippen LogP contribution in [0, 0.1) is 11.8 Å². The Labute approximate surface area is 164 Å². The Bertz CT molecular complexity index is 1090. The van der Waals surface area contributed by atoms with E-state index in [-0.39, 0.29) is 0 Å². The summed E-state index contributed by atoms with van der Waals surface area (Å²) in [7, 11) is 3.42. The molecule has 0 radical (unpaired) electrons. The Morgan fingerprint density at radius 3 is 2.54 bits per heavy atom. The molecule has 0 aliphatic rings. The van der Waals surface area contributed by atoms with Gasteiger partial charge in [-0.25, -0.2) is 14.8 Å². The summed E-state index contributed by atoms with van der Waals surface area (Å²) in [6, 6.07) is 9.55. The Balaban J connectivity index is 2.12. The van der Waals surface area contributed by atoms with E-state index in [9.17, 15) is 4.79 Å². The van der Waals surface area contributed by atoms with Crippen molar-refractivity contribution in [2.45, 2.75) is 26.4 Å². The van der Waals surface area contributed by atoms with Gasteiger partial charge in [0.15, 0.2) is 5.82 Å². The summed E-state index contributed by atoms with van der Waals surface area (Å²) in [5.41, 5.74) is 8.51. The Morgan fingerprint density at radius 2 is 1.89 bits per heavy atom. The van der Waals surface area contributed by atoms with Gasteiger partial charge in [-0.05, 0) is 38.8 Å². The van der Waals surface area contributed by atoms with Gasteiger partial charge in [-0.1, -0.05) is 24.1 Å². The minimum atomic E-state index is -0.627. The molecule has 1 amide bonds. The summed E-state index contributed by atoms with van der Waals surface area (Å²) in [5.74, 6) is 6.41. The van der Waals surface area contributed by atoms with Crippen LogP contribution in [0.1, 0.15) is 32.0 Å². The Kier molecular flexibility index (Phi) is 4.97. The first-order valence-electron chi connectivity index (χ1n) is 8.81. The molecule has 7 nitrogen and oxygen atoms in total. The third-order valence-corrected chi connectivity index (χ3v) is 3.96. The quantitative estimate of drug-likeness (QED) is 0.658. The van der Waals surface area contributed by atoms with Crippen molar-refractivity contribution in [3.05, 3.63) is 47.9 Å². The number of hydrogen-bond donors (Lipinski definition) is 1. The molecular formula is C21H23N5O2. The number of nitrogens with two attached hydrogens (primary N) is 1. The zero-order chi connectivity index (χ0) is 20.5. The van der Waals surface area contributed by atoms with Crippen molar-refractivity contribution < 1.29 is 9.53 Å². The summed E-state index contributed by atoms with van der Waals surface area (Å²) < 4.78 is 7.24. The third-order valence-electron chi connectivity index (χ3n) is 3.96. The van der Waals surface area contributed by atoms with Crippen LogP contribution in [0.15, 0.2) is 36.7 Å². The smallest absolute Gasteiger partial charge is 0.415 e. The largest absolute Gasteiger partial charge is 0.443 e. The molecule has 2 aromatic heterocycles. The van der Waals surface area contributed by atoms with Crippen molar-refractivity contribution in [3.63, 3.8) is 0 Å². The van der Waals surface area contributed by atoms with Crippen LogP contribution in [-0.2, 0) is 11.8 Å². The normalized spacial score (nSPS) is 11.0. The van der Waals surface area contributed by atoms with Crippen LogP contribution in [0.25, 0.3) is 11.0 Å². The summed E-state index contributed by atoms with van der Waals surface area (Å²) >= 11 is 0. The van der Waals surface area contributed by atoms with Crippen LogP contribution in [0.4, 0.5) is 16.3 Å².